The van der Waals surface area contributed by atoms with Crippen molar-refractivity contribution in [2.24, 2.45) is 0 Å². The van der Waals surface area contributed by atoms with Crippen LogP contribution in [0.25, 0.3) is 0 Å². The van der Waals surface area contributed by atoms with Gasteiger partial charge in [-0.1, -0.05) is 6.07 Å². The fraction of sp³-hybridized carbons (Fsp3) is 0.273. The lowest BCUT2D eigenvalue weighted by Crippen LogP contribution is -2.42. The molecule has 2 rings (SSSR count). The summed E-state index contributed by atoms with van der Waals surface area (Å²) in [6.07, 6.45) is 0.240. The molecule has 1 fully saturated rings. The molecular formula is C11H11FN2O3. The zero-order valence-corrected chi connectivity index (χ0v) is 8.97. The molecule has 0 bridgehead atoms. The first-order valence-electron chi connectivity index (χ1n) is 5.13. The summed E-state index contributed by atoms with van der Waals surface area (Å²) in [4.78, 5) is 22.2. The molecule has 6 heteroatoms. The van der Waals surface area contributed by atoms with E-state index in [1.807, 2.05) is 0 Å². The van der Waals surface area contributed by atoms with Crippen LogP contribution < -0.4 is 5.01 Å². The van der Waals surface area contributed by atoms with Crippen molar-refractivity contribution >= 4 is 17.6 Å². The van der Waals surface area contributed by atoms with Crippen LogP contribution in [-0.2, 0) is 9.59 Å². The van der Waals surface area contributed by atoms with Gasteiger partial charge in [0.1, 0.15) is 12.4 Å². The van der Waals surface area contributed by atoms with Crippen molar-refractivity contribution in [3.63, 3.8) is 0 Å². The van der Waals surface area contributed by atoms with Gasteiger partial charge < -0.3 is 5.11 Å². The Hall–Kier alpha value is -2.11. The molecule has 1 aromatic rings. The number of carboxylic acids is 1. The third kappa shape index (κ3) is 2.35. The fourth-order valence-corrected chi connectivity index (χ4v) is 1.79. The Morgan fingerprint density at radius 3 is 2.88 bits per heavy atom. The van der Waals surface area contributed by atoms with E-state index in [1.165, 1.54) is 23.2 Å². The second-order valence-corrected chi connectivity index (χ2v) is 3.70. The lowest BCUT2D eigenvalue weighted by Gasteiger charge is -2.28. The number of carbonyl (C=O) groups excluding carboxylic acids is 1. The van der Waals surface area contributed by atoms with Crippen LogP contribution in [0.2, 0.25) is 0 Å². The van der Waals surface area contributed by atoms with Crippen molar-refractivity contribution in [1.82, 2.24) is 5.01 Å². The van der Waals surface area contributed by atoms with E-state index in [-0.39, 0.29) is 12.3 Å². The highest BCUT2D eigenvalue weighted by atomic mass is 19.1. The largest absolute Gasteiger partial charge is 0.480 e. The molecule has 0 radical (unpaired) electrons. The zero-order chi connectivity index (χ0) is 12.4. The summed E-state index contributed by atoms with van der Waals surface area (Å²) in [6, 6.07) is 5.72. The molecule has 0 aromatic heterocycles. The van der Waals surface area contributed by atoms with Crippen LogP contribution >= 0.6 is 0 Å². The predicted octanol–water partition coefficient (Wildman–Crippen LogP) is 0.864. The van der Waals surface area contributed by atoms with Gasteiger partial charge in [0.15, 0.2) is 0 Å². The molecule has 0 spiro atoms. The molecule has 1 aliphatic rings. The topological polar surface area (TPSA) is 60.9 Å². The molecule has 0 aliphatic carbocycles. The van der Waals surface area contributed by atoms with Gasteiger partial charge in [0.2, 0.25) is 5.91 Å². The van der Waals surface area contributed by atoms with Crippen molar-refractivity contribution < 1.29 is 19.1 Å². The average molecular weight is 238 g/mol. The molecule has 90 valence electrons. The number of halogens is 1. The van der Waals surface area contributed by atoms with Crippen LogP contribution in [0.4, 0.5) is 10.1 Å². The van der Waals surface area contributed by atoms with Crippen molar-refractivity contribution in [3.8, 4) is 0 Å². The van der Waals surface area contributed by atoms with E-state index in [0.717, 1.165) is 5.01 Å². The van der Waals surface area contributed by atoms with Crippen molar-refractivity contribution in [2.45, 2.75) is 6.42 Å². The number of benzene rings is 1. The number of carbonyl (C=O) groups is 2. The molecular weight excluding hydrogens is 227 g/mol. The quantitative estimate of drug-likeness (QED) is 0.848. The number of carboxylic acid groups (broad SMARTS) is 1. The summed E-state index contributed by atoms with van der Waals surface area (Å²) in [5, 5.41) is 11.3. The highest BCUT2D eigenvalue weighted by Gasteiger charge is 2.30. The molecule has 1 aromatic carbocycles. The van der Waals surface area contributed by atoms with Crippen LogP contribution in [0.1, 0.15) is 6.42 Å². The Balaban J connectivity index is 2.25. The third-order valence-electron chi connectivity index (χ3n) is 2.51. The Morgan fingerprint density at radius 1 is 1.47 bits per heavy atom. The summed E-state index contributed by atoms with van der Waals surface area (Å²) < 4.78 is 13.1. The van der Waals surface area contributed by atoms with Gasteiger partial charge >= 0.3 is 5.97 Å². The standard InChI is InChI=1S/C11H11FN2O3/c12-8-2-1-3-9(6-8)13-5-4-10(15)14(13)7-11(16)17/h1-3,6H,4-5,7H2,(H,16,17). The molecule has 17 heavy (non-hydrogen) atoms. The molecule has 1 saturated heterocycles. The van der Waals surface area contributed by atoms with Crippen molar-refractivity contribution in [2.75, 3.05) is 18.1 Å². The SMILES string of the molecule is O=C(O)CN1C(=O)CCN1c1cccc(F)c1. The minimum atomic E-state index is -1.10. The number of aliphatic carboxylic acids is 1. The fourth-order valence-electron chi connectivity index (χ4n) is 1.79. The molecule has 1 amide bonds. The van der Waals surface area contributed by atoms with Gasteiger partial charge in [-0.2, -0.15) is 0 Å². The van der Waals surface area contributed by atoms with Crippen LogP contribution in [0.3, 0.4) is 0 Å². The molecule has 1 N–H and O–H groups in total. The lowest BCUT2D eigenvalue weighted by atomic mass is 10.3. The predicted molar refractivity (Wildman–Crippen MR) is 57.7 cm³/mol. The molecule has 1 heterocycles. The van der Waals surface area contributed by atoms with E-state index in [9.17, 15) is 14.0 Å². The van der Waals surface area contributed by atoms with Gasteiger partial charge in [-0.25, -0.2) is 9.40 Å². The molecule has 1 aliphatic heterocycles. The number of hydrogen-bond donors (Lipinski definition) is 1. The molecule has 0 saturated carbocycles. The number of rotatable bonds is 3. The Morgan fingerprint density at radius 2 is 2.24 bits per heavy atom. The van der Waals surface area contributed by atoms with E-state index in [2.05, 4.69) is 0 Å². The Kier molecular flexibility index (Phi) is 2.95. The van der Waals surface area contributed by atoms with Gasteiger partial charge in [-0.15, -0.1) is 0 Å². The van der Waals surface area contributed by atoms with Crippen molar-refractivity contribution in [1.29, 1.82) is 0 Å². The van der Waals surface area contributed by atoms with Crippen LogP contribution in [0.15, 0.2) is 24.3 Å². The van der Waals surface area contributed by atoms with Crippen LogP contribution in [0.5, 0.6) is 0 Å². The second kappa shape index (κ2) is 4.40. The van der Waals surface area contributed by atoms with Crippen LogP contribution in [-0.4, -0.2) is 35.1 Å². The number of hydrogen-bond acceptors (Lipinski definition) is 3. The van der Waals surface area contributed by atoms with E-state index in [1.54, 1.807) is 6.07 Å². The van der Waals surface area contributed by atoms with Gasteiger partial charge in [0, 0.05) is 13.0 Å². The summed E-state index contributed by atoms with van der Waals surface area (Å²) >= 11 is 0. The summed E-state index contributed by atoms with van der Waals surface area (Å²) in [6.45, 7) is -0.0368. The second-order valence-electron chi connectivity index (χ2n) is 3.70. The average Bonchev–Trinajstić information content (AvgIpc) is 2.60. The maximum Gasteiger partial charge on any atom is 0.325 e. The van der Waals surface area contributed by atoms with E-state index < -0.39 is 18.3 Å². The Labute approximate surface area is 97.0 Å². The minimum absolute atomic E-state index is 0.240. The van der Waals surface area contributed by atoms with Crippen molar-refractivity contribution in [3.05, 3.63) is 30.1 Å². The highest BCUT2D eigenvalue weighted by Crippen LogP contribution is 2.22. The van der Waals surface area contributed by atoms with Crippen LogP contribution in [0, 0.1) is 5.82 Å². The normalized spacial score (nSPS) is 15.5. The maximum absolute atomic E-state index is 13.1. The molecule has 0 unspecified atom stereocenters. The smallest absolute Gasteiger partial charge is 0.325 e. The Bertz CT molecular complexity index is 464. The van der Waals surface area contributed by atoms with Gasteiger partial charge in [-0.3, -0.25) is 14.6 Å². The zero-order valence-electron chi connectivity index (χ0n) is 8.97. The number of hydrazine groups is 1. The summed E-state index contributed by atoms with van der Waals surface area (Å²) in [5.74, 6) is -1.78. The van der Waals surface area contributed by atoms with Gasteiger partial charge in [0.25, 0.3) is 0 Å². The first kappa shape index (κ1) is 11.4. The number of nitrogens with zero attached hydrogens (tertiary/aromatic N) is 2. The monoisotopic (exact) mass is 238 g/mol. The summed E-state index contributed by atoms with van der Waals surface area (Å²) in [7, 11) is 0. The minimum Gasteiger partial charge on any atom is -0.480 e. The third-order valence-corrected chi connectivity index (χ3v) is 2.51. The number of amides is 1. The van der Waals surface area contributed by atoms with E-state index in [0.29, 0.717) is 12.2 Å². The molecule has 5 nitrogen and oxygen atoms in total. The highest BCUT2D eigenvalue weighted by molar-refractivity contribution is 5.85. The van der Waals surface area contributed by atoms with Gasteiger partial charge in [-0.05, 0) is 18.2 Å². The summed E-state index contributed by atoms with van der Waals surface area (Å²) in [5.41, 5.74) is 0.483. The van der Waals surface area contributed by atoms with E-state index in [4.69, 9.17) is 5.11 Å². The number of anilines is 1. The van der Waals surface area contributed by atoms with Gasteiger partial charge in [0.05, 0.1) is 5.69 Å². The maximum atomic E-state index is 13.1. The molecule has 0 atom stereocenters. The lowest BCUT2D eigenvalue weighted by molar-refractivity contribution is -0.143. The van der Waals surface area contributed by atoms with E-state index >= 15 is 0 Å². The first-order valence-corrected chi connectivity index (χ1v) is 5.13. The first-order chi connectivity index (χ1) is 8.08.